The Bertz CT molecular complexity index is 916. The minimum Gasteiger partial charge on any atom is -0.347 e. The summed E-state index contributed by atoms with van der Waals surface area (Å²) in [6.07, 6.45) is 7.99. The van der Waals surface area contributed by atoms with Gasteiger partial charge in [0.05, 0.1) is 12.5 Å². The Balaban J connectivity index is 1.78. The molecule has 3 N–H and O–H groups in total. The molecule has 0 unspecified atom stereocenters. The molecule has 35 heavy (non-hydrogen) atoms. The lowest BCUT2D eigenvalue weighted by Gasteiger charge is -2.28. The first-order valence-corrected chi connectivity index (χ1v) is 13.0. The van der Waals surface area contributed by atoms with Gasteiger partial charge in [0, 0.05) is 20.6 Å². The van der Waals surface area contributed by atoms with E-state index in [1.807, 2.05) is 0 Å². The van der Waals surface area contributed by atoms with Gasteiger partial charge >= 0.3 is 0 Å². The van der Waals surface area contributed by atoms with E-state index < -0.39 is 23.7 Å². The first-order valence-electron chi connectivity index (χ1n) is 11.8. The van der Waals surface area contributed by atoms with Crippen molar-refractivity contribution in [1.29, 1.82) is 0 Å². The van der Waals surface area contributed by atoms with Crippen LogP contribution in [0.15, 0.2) is 5.16 Å². The second-order valence-electron chi connectivity index (χ2n) is 9.21. The fourth-order valence-electron chi connectivity index (χ4n) is 4.76. The fourth-order valence-corrected chi connectivity index (χ4v) is 5.12. The molecular formula is C22H34FN7O4S. The number of carbonyl (C=O) groups excluding carboxylic acids is 3. The summed E-state index contributed by atoms with van der Waals surface area (Å²) < 4.78 is 15.5. The summed E-state index contributed by atoms with van der Waals surface area (Å²) in [6.45, 7) is 0.308. The number of nitrogens with zero attached hydrogens (tertiary/aromatic N) is 5. The number of hydroxylamine groups is 2. The SMILES string of the molecule is CSc1nc(NNC(=O)[C@H](CC2CCCC2)CN(O)C=O)c(F)c(N2CCC[C@H]2C(=O)N(C)C)n1. The van der Waals surface area contributed by atoms with E-state index in [2.05, 4.69) is 20.8 Å². The molecular weight excluding hydrogens is 477 g/mol. The highest BCUT2D eigenvalue weighted by molar-refractivity contribution is 7.98. The van der Waals surface area contributed by atoms with Gasteiger partial charge in [-0.05, 0) is 31.4 Å². The van der Waals surface area contributed by atoms with Crippen LogP contribution < -0.4 is 15.8 Å². The quantitative estimate of drug-likeness (QED) is 0.134. The Kier molecular flexibility index (Phi) is 9.49. The molecule has 13 heteroatoms. The van der Waals surface area contributed by atoms with Crippen molar-refractivity contribution in [2.24, 2.45) is 11.8 Å². The van der Waals surface area contributed by atoms with Crippen molar-refractivity contribution in [1.82, 2.24) is 25.4 Å². The summed E-state index contributed by atoms with van der Waals surface area (Å²) >= 11 is 1.21. The Morgan fingerprint density at radius 3 is 2.60 bits per heavy atom. The normalized spacial score (nSPS) is 18.9. The van der Waals surface area contributed by atoms with Crippen LogP contribution in [-0.2, 0) is 14.4 Å². The molecule has 1 aliphatic heterocycles. The molecule has 0 aromatic carbocycles. The number of hydrazine groups is 1. The molecule has 2 atom stereocenters. The third kappa shape index (κ3) is 6.72. The molecule has 3 rings (SSSR count). The van der Waals surface area contributed by atoms with Crippen LogP contribution in [0.4, 0.5) is 16.0 Å². The first-order chi connectivity index (χ1) is 16.7. The van der Waals surface area contributed by atoms with E-state index in [0.29, 0.717) is 30.4 Å². The fraction of sp³-hybridized carbons (Fsp3) is 0.682. The highest BCUT2D eigenvalue weighted by Gasteiger charge is 2.35. The van der Waals surface area contributed by atoms with Gasteiger partial charge in [-0.25, -0.2) is 15.0 Å². The van der Waals surface area contributed by atoms with Crippen LogP contribution in [0.3, 0.4) is 0 Å². The topological polar surface area (TPSA) is 131 Å². The predicted octanol–water partition coefficient (Wildman–Crippen LogP) is 1.88. The Hall–Kier alpha value is -2.67. The van der Waals surface area contributed by atoms with Gasteiger partial charge in [-0.1, -0.05) is 37.4 Å². The van der Waals surface area contributed by atoms with Crippen molar-refractivity contribution in [3.8, 4) is 0 Å². The minimum absolute atomic E-state index is 0.00351. The van der Waals surface area contributed by atoms with Crippen molar-refractivity contribution < 1.29 is 24.0 Å². The molecule has 2 aliphatic rings. The monoisotopic (exact) mass is 511 g/mol. The molecule has 1 aliphatic carbocycles. The maximum absolute atomic E-state index is 15.5. The highest BCUT2D eigenvalue weighted by Crippen LogP contribution is 2.32. The van der Waals surface area contributed by atoms with E-state index in [0.717, 1.165) is 32.1 Å². The smallest absolute Gasteiger partial charge is 0.244 e. The maximum Gasteiger partial charge on any atom is 0.244 e. The van der Waals surface area contributed by atoms with Gasteiger partial charge in [-0.2, -0.15) is 4.39 Å². The van der Waals surface area contributed by atoms with E-state index in [4.69, 9.17) is 0 Å². The minimum atomic E-state index is -0.773. The number of aromatic nitrogens is 2. The zero-order valence-electron chi connectivity index (χ0n) is 20.4. The van der Waals surface area contributed by atoms with E-state index in [1.54, 1.807) is 25.3 Å². The molecule has 0 spiro atoms. The summed E-state index contributed by atoms with van der Waals surface area (Å²) in [5.74, 6) is -1.94. The molecule has 1 aromatic heterocycles. The van der Waals surface area contributed by atoms with Crippen molar-refractivity contribution >= 4 is 41.6 Å². The molecule has 1 saturated carbocycles. The van der Waals surface area contributed by atoms with Crippen LogP contribution in [0.25, 0.3) is 0 Å². The van der Waals surface area contributed by atoms with Gasteiger partial charge < -0.3 is 9.80 Å². The highest BCUT2D eigenvalue weighted by atomic mass is 32.2. The number of carbonyl (C=O) groups is 3. The number of likely N-dealkylation sites (N-methyl/N-ethyl adjacent to an activating group) is 1. The van der Waals surface area contributed by atoms with Gasteiger partial charge in [0.25, 0.3) is 0 Å². The summed E-state index contributed by atoms with van der Waals surface area (Å²) in [5.41, 5.74) is 5.05. The number of rotatable bonds is 11. The predicted molar refractivity (Wildman–Crippen MR) is 129 cm³/mol. The number of hydrogen-bond acceptors (Lipinski definition) is 9. The van der Waals surface area contributed by atoms with Crippen molar-refractivity contribution in [3.63, 3.8) is 0 Å². The second kappa shape index (κ2) is 12.3. The summed E-state index contributed by atoms with van der Waals surface area (Å²) in [4.78, 5) is 48.0. The van der Waals surface area contributed by atoms with Crippen molar-refractivity contribution in [2.45, 2.75) is 56.1 Å². The van der Waals surface area contributed by atoms with Crippen molar-refractivity contribution in [2.75, 3.05) is 43.8 Å². The third-order valence-corrected chi connectivity index (χ3v) is 7.09. The zero-order valence-corrected chi connectivity index (χ0v) is 21.2. The Labute approximate surface area is 208 Å². The van der Waals surface area contributed by atoms with Crippen molar-refractivity contribution in [3.05, 3.63) is 5.82 Å². The largest absolute Gasteiger partial charge is 0.347 e. The maximum atomic E-state index is 15.5. The standard InChI is InChI=1S/C22H34FN7O4S/c1-28(2)21(33)16-9-6-10-30(16)19-17(23)18(24-22(25-19)35-3)26-27-20(32)15(12-29(34)13-31)11-14-7-4-5-8-14/h13-16,34H,4-12H2,1-3H3,(H,27,32)(H,24,25,26)/t15-,16+/m1/s1. The number of amides is 3. The summed E-state index contributed by atoms with van der Waals surface area (Å²) in [7, 11) is 3.32. The van der Waals surface area contributed by atoms with Crippen LogP contribution in [0.1, 0.15) is 44.9 Å². The molecule has 1 saturated heterocycles. The lowest BCUT2D eigenvalue weighted by atomic mass is 9.92. The lowest BCUT2D eigenvalue weighted by Crippen LogP contribution is -2.44. The average Bonchev–Trinajstić information content (AvgIpc) is 3.54. The number of hydrogen-bond donors (Lipinski definition) is 3. The lowest BCUT2D eigenvalue weighted by molar-refractivity contribution is -0.154. The first kappa shape index (κ1) is 26.9. The van der Waals surface area contributed by atoms with Gasteiger partial charge in [-0.3, -0.25) is 30.4 Å². The van der Waals surface area contributed by atoms with Gasteiger partial charge in [0.1, 0.15) is 6.04 Å². The molecule has 0 radical (unpaired) electrons. The molecule has 2 heterocycles. The van der Waals surface area contributed by atoms with Gasteiger partial charge in [-0.15, -0.1) is 0 Å². The van der Waals surface area contributed by atoms with Crippen LogP contribution in [0.2, 0.25) is 0 Å². The number of anilines is 2. The van der Waals surface area contributed by atoms with Gasteiger partial charge in [0.2, 0.25) is 24.0 Å². The van der Waals surface area contributed by atoms with Crippen LogP contribution in [0, 0.1) is 17.7 Å². The molecule has 0 bridgehead atoms. The second-order valence-corrected chi connectivity index (χ2v) is 9.98. The van der Waals surface area contributed by atoms with E-state index in [1.165, 1.54) is 16.7 Å². The van der Waals surface area contributed by atoms with Crippen LogP contribution in [0.5, 0.6) is 0 Å². The summed E-state index contributed by atoms with van der Waals surface area (Å²) in [5, 5.41) is 10.4. The Morgan fingerprint density at radius 1 is 1.26 bits per heavy atom. The molecule has 3 amide bonds. The van der Waals surface area contributed by atoms with Crippen LogP contribution >= 0.6 is 11.8 Å². The number of halogens is 1. The average molecular weight is 512 g/mol. The van der Waals surface area contributed by atoms with E-state index in [9.17, 15) is 19.6 Å². The summed E-state index contributed by atoms with van der Waals surface area (Å²) in [6, 6.07) is -0.527. The van der Waals surface area contributed by atoms with Gasteiger partial charge in [0.15, 0.2) is 16.8 Å². The molecule has 2 fully saturated rings. The Morgan fingerprint density at radius 2 is 1.97 bits per heavy atom. The third-order valence-electron chi connectivity index (χ3n) is 6.54. The molecule has 11 nitrogen and oxygen atoms in total. The van der Waals surface area contributed by atoms with Crippen LogP contribution in [-0.4, -0.2) is 82.8 Å². The van der Waals surface area contributed by atoms with E-state index in [-0.39, 0.29) is 35.7 Å². The number of nitrogens with one attached hydrogen (secondary N) is 2. The molecule has 1 aromatic rings. The number of thioether (sulfide) groups is 1. The van der Waals surface area contributed by atoms with E-state index >= 15 is 4.39 Å². The zero-order chi connectivity index (χ0) is 25.5. The molecule has 194 valence electrons.